The first-order chi connectivity index (χ1) is 8.66. The van der Waals surface area contributed by atoms with Gasteiger partial charge in [-0.25, -0.2) is 0 Å². The molecule has 0 radical (unpaired) electrons. The van der Waals surface area contributed by atoms with Gasteiger partial charge in [-0.3, -0.25) is 4.57 Å². The molecule has 18 heavy (non-hydrogen) atoms. The first-order valence-corrected chi connectivity index (χ1v) is 6.14. The molecule has 0 unspecified atom stereocenters. The van der Waals surface area contributed by atoms with Crippen LogP contribution in [0.5, 0.6) is 0 Å². The first-order valence-electron chi connectivity index (χ1n) is 6.14. The molecule has 0 amide bonds. The summed E-state index contributed by atoms with van der Waals surface area (Å²) in [5.41, 5.74) is 0. The van der Waals surface area contributed by atoms with Gasteiger partial charge in [0.05, 0.1) is 0 Å². The van der Waals surface area contributed by atoms with Crippen molar-refractivity contribution in [1.82, 2.24) is 9.55 Å². The number of hydrogen-bond donors (Lipinski definition) is 1. The van der Waals surface area contributed by atoms with E-state index in [0.29, 0.717) is 19.0 Å². The highest BCUT2D eigenvalue weighted by Gasteiger charge is 2.18. The molecule has 0 saturated carbocycles. The number of ether oxygens (including phenoxy) is 1. The summed E-state index contributed by atoms with van der Waals surface area (Å²) in [6.07, 6.45) is 4.43. The molecule has 102 valence electrons. The van der Waals surface area contributed by atoms with E-state index in [0.717, 1.165) is 25.9 Å². The van der Waals surface area contributed by atoms with E-state index in [-0.39, 0.29) is 5.82 Å². The van der Waals surface area contributed by atoms with Gasteiger partial charge < -0.3 is 20.2 Å². The normalized spacial score (nSPS) is 10.6. The molecule has 0 aromatic carbocycles. The first kappa shape index (κ1) is 14.4. The molecule has 0 fully saturated rings. The maximum Gasteiger partial charge on any atom is 0.406 e. The number of aromatic nitrogens is 2. The fourth-order valence-corrected chi connectivity index (χ4v) is 1.48. The summed E-state index contributed by atoms with van der Waals surface area (Å²) in [6, 6.07) is 0. The molecular formula is C11H20N4O3. The minimum atomic E-state index is -0.486. The summed E-state index contributed by atoms with van der Waals surface area (Å²) in [5, 5.41) is 13.7. The number of nitro groups is 1. The van der Waals surface area contributed by atoms with Crippen LogP contribution < -0.4 is 5.32 Å². The van der Waals surface area contributed by atoms with Crippen LogP contribution >= 0.6 is 0 Å². The van der Waals surface area contributed by atoms with E-state index >= 15 is 0 Å². The summed E-state index contributed by atoms with van der Waals surface area (Å²) >= 11 is 0. The molecule has 1 aromatic rings. The lowest BCUT2D eigenvalue weighted by Gasteiger charge is -2.06. The Hall–Kier alpha value is -1.63. The van der Waals surface area contributed by atoms with Crippen LogP contribution in [0.2, 0.25) is 0 Å². The Morgan fingerprint density at radius 2 is 2.22 bits per heavy atom. The van der Waals surface area contributed by atoms with Crippen molar-refractivity contribution in [2.75, 3.05) is 25.1 Å². The maximum absolute atomic E-state index is 10.7. The molecular weight excluding hydrogens is 236 g/mol. The van der Waals surface area contributed by atoms with Gasteiger partial charge >= 0.3 is 5.82 Å². The lowest BCUT2D eigenvalue weighted by Crippen LogP contribution is -2.10. The summed E-state index contributed by atoms with van der Waals surface area (Å²) in [4.78, 5) is 13.9. The Balaban J connectivity index is 2.27. The third-order valence-electron chi connectivity index (χ3n) is 2.49. The van der Waals surface area contributed by atoms with E-state index in [9.17, 15) is 10.1 Å². The third kappa shape index (κ3) is 4.33. The average molecular weight is 256 g/mol. The number of imidazole rings is 1. The SMILES string of the molecule is CCCCOCCCNc1c([N+](=O)[O-])ncn1C. The number of nitrogens with zero attached hydrogens (tertiary/aromatic N) is 3. The van der Waals surface area contributed by atoms with E-state index in [2.05, 4.69) is 17.2 Å². The zero-order valence-corrected chi connectivity index (χ0v) is 10.9. The molecule has 0 spiro atoms. The van der Waals surface area contributed by atoms with Crippen LogP contribution in [-0.2, 0) is 11.8 Å². The van der Waals surface area contributed by atoms with Gasteiger partial charge in [0.1, 0.15) is 0 Å². The summed E-state index contributed by atoms with van der Waals surface area (Å²) < 4.78 is 7.01. The number of unbranched alkanes of at least 4 members (excludes halogenated alkanes) is 1. The number of anilines is 1. The predicted molar refractivity (Wildman–Crippen MR) is 68.7 cm³/mol. The van der Waals surface area contributed by atoms with Gasteiger partial charge in [0.25, 0.3) is 0 Å². The van der Waals surface area contributed by atoms with Gasteiger partial charge in [-0.15, -0.1) is 0 Å². The zero-order chi connectivity index (χ0) is 13.4. The fourth-order valence-electron chi connectivity index (χ4n) is 1.48. The minimum Gasteiger partial charge on any atom is -0.381 e. The molecule has 0 saturated heterocycles. The fraction of sp³-hybridized carbons (Fsp3) is 0.727. The predicted octanol–water partition coefficient (Wildman–Crippen LogP) is 1.95. The summed E-state index contributed by atoms with van der Waals surface area (Å²) in [5.74, 6) is 0.304. The molecule has 7 heteroatoms. The van der Waals surface area contributed by atoms with Crippen molar-refractivity contribution in [2.24, 2.45) is 7.05 Å². The van der Waals surface area contributed by atoms with Gasteiger partial charge in [0.2, 0.25) is 12.1 Å². The standard InChI is InChI=1S/C11H20N4O3/c1-3-4-7-18-8-5-6-12-10-11(15(16)17)13-9-14(10)2/h9,12H,3-8H2,1-2H3. The van der Waals surface area contributed by atoms with Crippen LogP contribution in [0, 0.1) is 10.1 Å². The zero-order valence-electron chi connectivity index (χ0n) is 10.9. The second-order valence-corrected chi connectivity index (χ2v) is 4.03. The number of rotatable bonds is 9. The van der Waals surface area contributed by atoms with Gasteiger partial charge in [-0.1, -0.05) is 13.3 Å². The van der Waals surface area contributed by atoms with Gasteiger partial charge in [0.15, 0.2) is 0 Å². The highest BCUT2D eigenvalue weighted by atomic mass is 16.6. The molecule has 0 aliphatic heterocycles. The Bertz CT molecular complexity index is 378. The average Bonchev–Trinajstić information content (AvgIpc) is 2.70. The second-order valence-electron chi connectivity index (χ2n) is 4.03. The summed E-state index contributed by atoms with van der Waals surface area (Å²) in [7, 11) is 1.72. The number of nitrogens with one attached hydrogen (secondary N) is 1. The van der Waals surface area contributed by atoms with E-state index in [1.165, 1.54) is 6.33 Å². The number of aryl methyl sites for hydroxylation is 1. The van der Waals surface area contributed by atoms with E-state index in [1.54, 1.807) is 11.6 Å². The van der Waals surface area contributed by atoms with E-state index < -0.39 is 4.92 Å². The Kier molecular flexibility index (Phi) is 6.13. The summed E-state index contributed by atoms with van der Waals surface area (Å²) in [6.45, 7) is 4.19. The van der Waals surface area contributed by atoms with Crippen molar-refractivity contribution in [2.45, 2.75) is 26.2 Å². The Morgan fingerprint density at radius 1 is 1.50 bits per heavy atom. The Morgan fingerprint density at radius 3 is 2.89 bits per heavy atom. The lowest BCUT2D eigenvalue weighted by molar-refractivity contribution is -0.388. The van der Waals surface area contributed by atoms with Crippen molar-refractivity contribution in [1.29, 1.82) is 0 Å². The molecule has 0 atom stereocenters. The number of hydrogen-bond acceptors (Lipinski definition) is 5. The topological polar surface area (TPSA) is 82.2 Å². The van der Waals surface area contributed by atoms with Crippen LogP contribution in [0.3, 0.4) is 0 Å². The van der Waals surface area contributed by atoms with Crippen LogP contribution in [-0.4, -0.2) is 34.2 Å². The van der Waals surface area contributed by atoms with Crippen LogP contribution in [0.1, 0.15) is 26.2 Å². The lowest BCUT2D eigenvalue weighted by atomic mass is 10.3. The second kappa shape index (κ2) is 7.65. The highest BCUT2D eigenvalue weighted by molar-refractivity contribution is 5.51. The molecule has 1 N–H and O–H groups in total. The monoisotopic (exact) mass is 256 g/mol. The van der Waals surface area contributed by atoms with Gasteiger partial charge in [-0.05, 0) is 22.7 Å². The van der Waals surface area contributed by atoms with Crippen molar-refractivity contribution in [3.05, 3.63) is 16.4 Å². The quantitative estimate of drug-likeness (QED) is 0.415. The van der Waals surface area contributed by atoms with Crippen LogP contribution in [0.25, 0.3) is 0 Å². The van der Waals surface area contributed by atoms with Crippen molar-refractivity contribution in [3.63, 3.8) is 0 Å². The van der Waals surface area contributed by atoms with Crippen molar-refractivity contribution < 1.29 is 9.66 Å². The van der Waals surface area contributed by atoms with Gasteiger partial charge in [-0.2, -0.15) is 0 Å². The van der Waals surface area contributed by atoms with E-state index in [4.69, 9.17) is 4.74 Å². The molecule has 0 aliphatic rings. The highest BCUT2D eigenvalue weighted by Crippen LogP contribution is 2.20. The maximum atomic E-state index is 10.7. The molecule has 1 aromatic heterocycles. The van der Waals surface area contributed by atoms with E-state index in [1.807, 2.05) is 0 Å². The molecule has 1 rings (SSSR count). The molecule has 7 nitrogen and oxygen atoms in total. The molecule has 0 aliphatic carbocycles. The Labute approximate surface area is 106 Å². The molecule has 0 bridgehead atoms. The largest absolute Gasteiger partial charge is 0.406 e. The minimum absolute atomic E-state index is 0.135. The van der Waals surface area contributed by atoms with Gasteiger partial charge in [0, 0.05) is 26.8 Å². The van der Waals surface area contributed by atoms with Crippen molar-refractivity contribution in [3.8, 4) is 0 Å². The molecule has 1 heterocycles. The third-order valence-corrected chi connectivity index (χ3v) is 2.49. The van der Waals surface area contributed by atoms with Crippen molar-refractivity contribution >= 4 is 11.6 Å². The smallest absolute Gasteiger partial charge is 0.381 e. The van der Waals surface area contributed by atoms with Crippen LogP contribution in [0.15, 0.2) is 6.33 Å². The van der Waals surface area contributed by atoms with Crippen LogP contribution in [0.4, 0.5) is 11.6 Å².